The molecule has 0 amide bonds. The van der Waals surface area contributed by atoms with E-state index in [1.54, 1.807) is 11.3 Å². The lowest BCUT2D eigenvalue weighted by atomic mass is 10.3. The molecule has 5 nitrogen and oxygen atoms in total. The third kappa shape index (κ3) is 3.49. The van der Waals surface area contributed by atoms with E-state index >= 15 is 0 Å². The fourth-order valence-corrected chi connectivity index (χ4v) is 3.42. The lowest BCUT2D eigenvalue weighted by molar-refractivity contribution is 0.321. The zero-order valence-corrected chi connectivity index (χ0v) is 13.0. The first-order chi connectivity index (χ1) is 9.74. The topological polar surface area (TPSA) is 52.6 Å². The minimum atomic E-state index is 0.528. The number of rotatable bonds is 4. The van der Waals surface area contributed by atoms with Gasteiger partial charge in [-0.05, 0) is 26.2 Å². The summed E-state index contributed by atoms with van der Waals surface area (Å²) in [6, 6.07) is 1.40. The molecule has 2 aliphatic rings. The van der Waals surface area contributed by atoms with E-state index in [-0.39, 0.29) is 0 Å². The second-order valence-electron chi connectivity index (χ2n) is 5.66. The standard InChI is InChI=1S/C14H23N5S/c1-10-9-20-13(17-10)7-16-14(15-2)18-11-5-6-19(8-11)12-3-4-12/h9,11-12H,3-8H2,1-2H3,(H2,15,16,18). The van der Waals surface area contributed by atoms with E-state index in [0.717, 1.165) is 35.8 Å². The largest absolute Gasteiger partial charge is 0.352 e. The third-order valence-electron chi connectivity index (χ3n) is 3.92. The summed E-state index contributed by atoms with van der Waals surface area (Å²) in [7, 11) is 1.83. The summed E-state index contributed by atoms with van der Waals surface area (Å²) in [4.78, 5) is 11.4. The molecular formula is C14H23N5S. The molecule has 6 heteroatoms. The Balaban J connectivity index is 1.45. The van der Waals surface area contributed by atoms with E-state index in [9.17, 15) is 0 Å². The van der Waals surface area contributed by atoms with Gasteiger partial charge in [0.05, 0.1) is 6.54 Å². The van der Waals surface area contributed by atoms with Gasteiger partial charge >= 0.3 is 0 Å². The maximum absolute atomic E-state index is 4.46. The summed E-state index contributed by atoms with van der Waals surface area (Å²) >= 11 is 1.69. The number of aryl methyl sites for hydroxylation is 1. The zero-order valence-electron chi connectivity index (χ0n) is 12.2. The molecule has 0 spiro atoms. The highest BCUT2D eigenvalue weighted by Crippen LogP contribution is 2.29. The highest BCUT2D eigenvalue weighted by molar-refractivity contribution is 7.09. The molecule has 0 aromatic carbocycles. The number of nitrogens with one attached hydrogen (secondary N) is 2. The Labute approximate surface area is 124 Å². The molecule has 20 heavy (non-hydrogen) atoms. The van der Waals surface area contributed by atoms with E-state index in [2.05, 4.69) is 30.9 Å². The number of hydrogen-bond acceptors (Lipinski definition) is 4. The van der Waals surface area contributed by atoms with Crippen molar-refractivity contribution in [2.75, 3.05) is 20.1 Å². The van der Waals surface area contributed by atoms with Gasteiger partial charge in [0.25, 0.3) is 0 Å². The van der Waals surface area contributed by atoms with Crippen molar-refractivity contribution < 1.29 is 0 Å². The van der Waals surface area contributed by atoms with Crippen molar-refractivity contribution >= 4 is 17.3 Å². The summed E-state index contributed by atoms with van der Waals surface area (Å²) in [6.07, 6.45) is 4.00. The monoisotopic (exact) mass is 293 g/mol. The maximum atomic E-state index is 4.46. The van der Waals surface area contributed by atoms with Crippen LogP contribution in [0, 0.1) is 6.92 Å². The van der Waals surface area contributed by atoms with Crippen molar-refractivity contribution in [3.63, 3.8) is 0 Å². The van der Waals surface area contributed by atoms with Gasteiger partial charge in [-0.2, -0.15) is 0 Å². The van der Waals surface area contributed by atoms with Gasteiger partial charge in [0, 0.05) is 43.3 Å². The molecule has 2 N–H and O–H groups in total. The summed E-state index contributed by atoms with van der Waals surface area (Å²) in [5.41, 5.74) is 1.09. The first-order valence-electron chi connectivity index (χ1n) is 7.37. The van der Waals surface area contributed by atoms with Crippen molar-refractivity contribution in [2.45, 2.75) is 44.8 Å². The predicted molar refractivity (Wildman–Crippen MR) is 83.2 cm³/mol. The van der Waals surface area contributed by atoms with Crippen LogP contribution in [0.5, 0.6) is 0 Å². The van der Waals surface area contributed by atoms with Crippen LogP contribution in [0.25, 0.3) is 0 Å². The zero-order chi connectivity index (χ0) is 13.9. The lowest BCUT2D eigenvalue weighted by Crippen LogP contribution is -2.44. The van der Waals surface area contributed by atoms with Crippen molar-refractivity contribution in [1.82, 2.24) is 20.5 Å². The van der Waals surface area contributed by atoms with Crippen LogP contribution in [0.3, 0.4) is 0 Å². The van der Waals surface area contributed by atoms with Crippen LogP contribution >= 0.6 is 11.3 Å². The molecule has 1 atom stereocenters. The Morgan fingerprint density at radius 1 is 1.50 bits per heavy atom. The van der Waals surface area contributed by atoms with E-state index < -0.39 is 0 Å². The first-order valence-corrected chi connectivity index (χ1v) is 8.25. The highest BCUT2D eigenvalue weighted by atomic mass is 32.1. The molecular weight excluding hydrogens is 270 g/mol. The minimum Gasteiger partial charge on any atom is -0.352 e. The van der Waals surface area contributed by atoms with Crippen LogP contribution in [0.15, 0.2) is 10.4 Å². The number of nitrogens with zero attached hydrogens (tertiary/aromatic N) is 3. The van der Waals surface area contributed by atoms with Crippen LogP contribution in [0.1, 0.15) is 30.0 Å². The van der Waals surface area contributed by atoms with Crippen LogP contribution < -0.4 is 10.6 Å². The molecule has 1 unspecified atom stereocenters. The summed E-state index contributed by atoms with van der Waals surface area (Å²) in [6.45, 7) is 5.15. The quantitative estimate of drug-likeness (QED) is 0.650. The Morgan fingerprint density at radius 2 is 2.35 bits per heavy atom. The molecule has 2 heterocycles. The Morgan fingerprint density at radius 3 is 3.00 bits per heavy atom. The van der Waals surface area contributed by atoms with Gasteiger partial charge in [0.15, 0.2) is 5.96 Å². The van der Waals surface area contributed by atoms with Gasteiger partial charge in [-0.15, -0.1) is 11.3 Å². The average molecular weight is 293 g/mol. The molecule has 2 fully saturated rings. The fraction of sp³-hybridized carbons (Fsp3) is 0.714. The van der Waals surface area contributed by atoms with Gasteiger partial charge in [0.2, 0.25) is 0 Å². The van der Waals surface area contributed by atoms with Crippen molar-refractivity contribution in [2.24, 2.45) is 4.99 Å². The number of aliphatic imine (C=N–C) groups is 1. The van der Waals surface area contributed by atoms with E-state index in [1.165, 1.54) is 25.8 Å². The van der Waals surface area contributed by atoms with Gasteiger partial charge in [-0.3, -0.25) is 9.89 Å². The average Bonchev–Trinajstić information content (AvgIpc) is 3.06. The van der Waals surface area contributed by atoms with Crippen LogP contribution in [-0.2, 0) is 6.54 Å². The maximum Gasteiger partial charge on any atom is 0.191 e. The molecule has 1 saturated heterocycles. The van der Waals surface area contributed by atoms with Crippen LogP contribution in [0.2, 0.25) is 0 Å². The summed E-state index contributed by atoms with van der Waals surface area (Å²) < 4.78 is 0. The van der Waals surface area contributed by atoms with Gasteiger partial charge in [0.1, 0.15) is 5.01 Å². The molecule has 1 saturated carbocycles. The third-order valence-corrected chi connectivity index (χ3v) is 4.89. The molecule has 1 aromatic rings. The van der Waals surface area contributed by atoms with Crippen LogP contribution in [-0.4, -0.2) is 48.1 Å². The number of guanidine groups is 1. The number of thiazole rings is 1. The molecule has 1 aliphatic heterocycles. The van der Waals surface area contributed by atoms with Gasteiger partial charge < -0.3 is 10.6 Å². The number of hydrogen-bond donors (Lipinski definition) is 2. The highest BCUT2D eigenvalue weighted by Gasteiger charge is 2.34. The van der Waals surface area contributed by atoms with Crippen molar-refractivity contribution in [1.29, 1.82) is 0 Å². The Bertz CT molecular complexity index is 480. The summed E-state index contributed by atoms with van der Waals surface area (Å²) in [5.74, 6) is 0.889. The Hall–Kier alpha value is -1.14. The SMILES string of the molecule is CN=C(NCc1nc(C)cs1)NC1CCN(C2CC2)C1. The Kier molecular flexibility index (Phi) is 4.21. The minimum absolute atomic E-state index is 0.528. The normalized spacial score (nSPS) is 24.1. The molecule has 0 bridgehead atoms. The van der Waals surface area contributed by atoms with Gasteiger partial charge in [-0.1, -0.05) is 0 Å². The van der Waals surface area contributed by atoms with E-state index in [1.807, 2.05) is 14.0 Å². The molecule has 1 aliphatic carbocycles. The molecule has 0 radical (unpaired) electrons. The van der Waals surface area contributed by atoms with Crippen molar-refractivity contribution in [3.05, 3.63) is 16.1 Å². The fourth-order valence-electron chi connectivity index (χ4n) is 2.71. The predicted octanol–water partition coefficient (Wildman–Crippen LogP) is 1.35. The summed E-state index contributed by atoms with van der Waals surface area (Å²) in [5, 5.41) is 10.1. The molecule has 1 aromatic heterocycles. The van der Waals surface area contributed by atoms with Crippen molar-refractivity contribution in [3.8, 4) is 0 Å². The number of aromatic nitrogens is 1. The van der Waals surface area contributed by atoms with E-state index in [0.29, 0.717) is 6.04 Å². The lowest BCUT2D eigenvalue weighted by Gasteiger charge is -2.18. The molecule has 110 valence electrons. The number of likely N-dealkylation sites (tertiary alicyclic amines) is 1. The first kappa shape index (κ1) is 13.8. The van der Waals surface area contributed by atoms with E-state index in [4.69, 9.17) is 0 Å². The van der Waals surface area contributed by atoms with Crippen LogP contribution in [0.4, 0.5) is 0 Å². The molecule has 3 rings (SSSR count). The second-order valence-corrected chi connectivity index (χ2v) is 6.61. The smallest absolute Gasteiger partial charge is 0.191 e. The van der Waals surface area contributed by atoms with Gasteiger partial charge in [-0.25, -0.2) is 4.98 Å². The second kappa shape index (κ2) is 6.10.